The van der Waals surface area contributed by atoms with Crippen molar-refractivity contribution in [1.29, 1.82) is 0 Å². The van der Waals surface area contributed by atoms with Crippen LogP contribution < -0.4 is 5.32 Å². The lowest BCUT2D eigenvalue weighted by Gasteiger charge is -2.35. The average molecular weight is 329 g/mol. The molecule has 0 aromatic heterocycles. The van der Waals surface area contributed by atoms with Gasteiger partial charge in [0.25, 0.3) is 5.91 Å². The molecule has 2 amide bonds. The van der Waals surface area contributed by atoms with E-state index in [1.807, 2.05) is 25.1 Å². The number of carbonyl (C=O) groups excluding carboxylic acids is 2. The Hall–Kier alpha value is -2.33. The van der Waals surface area contributed by atoms with Gasteiger partial charge in [0.2, 0.25) is 5.91 Å². The number of benzene rings is 2. The van der Waals surface area contributed by atoms with Crippen LogP contribution >= 0.6 is 11.6 Å². The number of rotatable bonds is 2. The van der Waals surface area contributed by atoms with E-state index in [9.17, 15) is 9.59 Å². The van der Waals surface area contributed by atoms with Gasteiger partial charge < -0.3 is 10.2 Å². The number of aryl methyl sites for hydroxylation is 1. The Kier molecular flexibility index (Phi) is 4.35. The highest BCUT2D eigenvalue weighted by Gasteiger charge is 2.35. The van der Waals surface area contributed by atoms with Crippen LogP contribution in [-0.4, -0.2) is 29.8 Å². The molecule has 2 aromatic rings. The van der Waals surface area contributed by atoms with E-state index < -0.39 is 6.04 Å². The van der Waals surface area contributed by atoms with Crippen molar-refractivity contribution in [1.82, 2.24) is 10.2 Å². The fourth-order valence-electron chi connectivity index (χ4n) is 2.83. The van der Waals surface area contributed by atoms with Crippen LogP contribution in [0.15, 0.2) is 48.5 Å². The van der Waals surface area contributed by atoms with Gasteiger partial charge in [0.05, 0.1) is 0 Å². The molecule has 0 radical (unpaired) electrons. The summed E-state index contributed by atoms with van der Waals surface area (Å²) in [6.45, 7) is 2.83. The average Bonchev–Trinajstić information content (AvgIpc) is 2.55. The molecule has 23 heavy (non-hydrogen) atoms. The molecule has 1 aliphatic heterocycles. The molecule has 3 rings (SSSR count). The number of piperazine rings is 1. The van der Waals surface area contributed by atoms with Crippen molar-refractivity contribution in [3.8, 4) is 0 Å². The topological polar surface area (TPSA) is 49.4 Å². The predicted molar refractivity (Wildman–Crippen MR) is 89.4 cm³/mol. The zero-order valence-electron chi connectivity index (χ0n) is 12.8. The summed E-state index contributed by atoms with van der Waals surface area (Å²) in [6, 6.07) is 13.8. The lowest BCUT2D eigenvalue weighted by atomic mass is 10.00. The molecule has 1 unspecified atom stereocenters. The number of nitrogens with one attached hydrogen (secondary N) is 1. The lowest BCUT2D eigenvalue weighted by molar-refractivity contribution is -0.128. The van der Waals surface area contributed by atoms with E-state index in [1.54, 1.807) is 35.2 Å². The smallest absolute Gasteiger partial charge is 0.255 e. The third-order valence-electron chi connectivity index (χ3n) is 4.03. The summed E-state index contributed by atoms with van der Waals surface area (Å²) < 4.78 is 0. The van der Waals surface area contributed by atoms with Gasteiger partial charge in [-0.15, -0.1) is 0 Å². The molecule has 4 nitrogen and oxygen atoms in total. The standard InChI is InChI=1S/C18H17ClN2O2/c1-12-4-2-3-5-15(12)18(23)21-11-10-20-17(22)16(21)13-6-8-14(19)9-7-13/h2-9,16H,10-11H2,1H3,(H,20,22). The zero-order chi connectivity index (χ0) is 16.4. The SMILES string of the molecule is Cc1ccccc1C(=O)N1CCNC(=O)C1c1ccc(Cl)cc1. The fourth-order valence-corrected chi connectivity index (χ4v) is 2.96. The van der Waals surface area contributed by atoms with Crippen molar-refractivity contribution in [3.05, 3.63) is 70.2 Å². The van der Waals surface area contributed by atoms with Gasteiger partial charge >= 0.3 is 0 Å². The summed E-state index contributed by atoms with van der Waals surface area (Å²) in [7, 11) is 0. The van der Waals surface area contributed by atoms with Crippen LogP contribution in [0.2, 0.25) is 5.02 Å². The molecular formula is C18H17ClN2O2. The first kappa shape index (κ1) is 15.6. The summed E-state index contributed by atoms with van der Waals surface area (Å²) in [5.41, 5.74) is 2.29. The first-order valence-electron chi connectivity index (χ1n) is 7.47. The van der Waals surface area contributed by atoms with E-state index in [2.05, 4.69) is 5.32 Å². The minimum atomic E-state index is -0.631. The van der Waals surface area contributed by atoms with Crippen LogP contribution in [0.3, 0.4) is 0 Å². The van der Waals surface area contributed by atoms with Gasteiger partial charge in [0.1, 0.15) is 6.04 Å². The predicted octanol–water partition coefficient (Wildman–Crippen LogP) is 2.96. The summed E-state index contributed by atoms with van der Waals surface area (Å²) in [4.78, 5) is 26.9. The molecule has 1 N–H and O–H groups in total. The molecule has 1 saturated heterocycles. The number of amides is 2. The van der Waals surface area contributed by atoms with Gasteiger partial charge in [0, 0.05) is 23.7 Å². The monoisotopic (exact) mass is 328 g/mol. The highest BCUT2D eigenvalue weighted by molar-refractivity contribution is 6.30. The van der Waals surface area contributed by atoms with E-state index >= 15 is 0 Å². The number of carbonyl (C=O) groups is 2. The Morgan fingerprint density at radius 2 is 1.87 bits per heavy atom. The maximum absolute atomic E-state index is 12.9. The molecule has 1 fully saturated rings. The summed E-state index contributed by atoms with van der Waals surface area (Å²) >= 11 is 5.92. The molecule has 1 heterocycles. The molecule has 118 valence electrons. The molecule has 1 atom stereocenters. The lowest BCUT2D eigenvalue weighted by Crippen LogP contribution is -2.52. The number of hydrogen-bond donors (Lipinski definition) is 1. The van der Waals surface area contributed by atoms with Crippen LogP contribution in [0, 0.1) is 6.92 Å². The Morgan fingerprint density at radius 3 is 2.57 bits per heavy atom. The summed E-state index contributed by atoms with van der Waals surface area (Å²) in [5, 5.41) is 3.43. The number of nitrogens with zero attached hydrogens (tertiary/aromatic N) is 1. The highest BCUT2D eigenvalue weighted by Crippen LogP contribution is 2.27. The second kappa shape index (κ2) is 6.42. The van der Waals surface area contributed by atoms with Crippen molar-refractivity contribution in [2.75, 3.05) is 13.1 Å². The van der Waals surface area contributed by atoms with Crippen molar-refractivity contribution >= 4 is 23.4 Å². The third kappa shape index (κ3) is 3.08. The first-order valence-corrected chi connectivity index (χ1v) is 7.85. The second-order valence-corrected chi connectivity index (χ2v) is 6.00. The number of hydrogen-bond acceptors (Lipinski definition) is 2. The Labute approximate surface area is 140 Å². The normalized spacial score (nSPS) is 17.7. The fraction of sp³-hybridized carbons (Fsp3) is 0.222. The van der Waals surface area contributed by atoms with Crippen LogP contribution in [0.1, 0.15) is 27.5 Å². The summed E-state index contributed by atoms with van der Waals surface area (Å²) in [5.74, 6) is -0.293. The van der Waals surface area contributed by atoms with E-state index in [-0.39, 0.29) is 11.8 Å². The zero-order valence-corrected chi connectivity index (χ0v) is 13.5. The Bertz CT molecular complexity index is 743. The molecule has 5 heteroatoms. The molecule has 0 bridgehead atoms. The van der Waals surface area contributed by atoms with E-state index in [4.69, 9.17) is 11.6 Å². The van der Waals surface area contributed by atoms with Crippen LogP contribution in [0.4, 0.5) is 0 Å². The van der Waals surface area contributed by atoms with Crippen molar-refractivity contribution in [3.63, 3.8) is 0 Å². The largest absolute Gasteiger partial charge is 0.352 e. The maximum atomic E-state index is 12.9. The quantitative estimate of drug-likeness (QED) is 0.921. The van der Waals surface area contributed by atoms with Crippen molar-refractivity contribution in [2.45, 2.75) is 13.0 Å². The van der Waals surface area contributed by atoms with Crippen LogP contribution in [0.5, 0.6) is 0 Å². The van der Waals surface area contributed by atoms with E-state index in [0.29, 0.717) is 23.7 Å². The molecular weight excluding hydrogens is 312 g/mol. The molecule has 0 spiro atoms. The van der Waals surface area contributed by atoms with Crippen LogP contribution in [0.25, 0.3) is 0 Å². The van der Waals surface area contributed by atoms with Gasteiger partial charge in [0.15, 0.2) is 0 Å². The first-order chi connectivity index (χ1) is 11.1. The van der Waals surface area contributed by atoms with Gasteiger partial charge in [-0.3, -0.25) is 9.59 Å². The maximum Gasteiger partial charge on any atom is 0.255 e. The molecule has 0 saturated carbocycles. The van der Waals surface area contributed by atoms with Gasteiger partial charge in [-0.1, -0.05) is 41.9 Å². The van der Waals surface area contributed by atoms with Gasteiger partial charge in [-0.05, 0) is 36.2 Å². The minimum absolute atomic E-state index is 0.127. The summed E-state index contributed by atoms with van der Waals surface area (Å²) in [6.07, 6.45) is 0. The van der Waals surface area contributed by atoms with Gasteiger partial charge in [-0.25, -0.2) is 0 Å². The van der Waals surface area contributed by atoms with Crippen molar-refractivity contribution in [2.24, 2.45) is 0 Å². The highest BCUT2D eigenvalue weighted by atomic mass is 35.5. The molecule has 2 aromatic carbocycles. The van der Waals surface area contributed by atoms with E-state index in [1.165, 1.54) is 0 Å². The van der Waals surface area contributed by atoms with Crippen molar-refractivity contribution < 1.29 is 9.59 Å². The van der Waals surface area contributed by atoms with Gasteiger partial charge in [-0.2, -0.15) is 0 Å². The Morgan fingerprint density at radius 1 is 1.17 bits per heavy atom. The van der Waals surface area contributed by atoms with Crippen LogP contribution in [-0.2, 0) is 4.79 Å². The van der Waals surface area contributed by atoms with E-state index in [0.717, 1.165) is 11.1 Å². The molecule has 0 aliphatic carbocycles. The third-order valence-corrected chi connectivity index (χ3v) is 4.29. The Balaban J connectivity index is 1.98. The molecule has 1 aliphatic rings. The minimum Gasteiger partial charge on any atom is -0.352 e. The number of halogens is 1. The second-order valence-electron chi connectivity index (χ2n) is 5.56.